The van der Waals surface area contributed by atoms with Crippen LogP contribution in [0.15, 0.2) is 72.3 Å². The Bertz CT molecular complexity index is 635. The van der Waals surface area contributed by atoms with Crippen molar-refractivity contribution >= 4 is 15.9 Å². The number of halogens is 3. The summed E-state index contributed by atoms with van der Waals surface area (Å²) < 4.78 is 27.0. The molecule has 1 N–H and O–H groups in total. The molecular formula is C21H23BrF2O. The first-order valence-corrected chi connectivity index (χ1v) is 9.15. The van der Waals surface area contributed by atoms with E-state index < -0.39 is 10.4 Å². The van der Waals surface area contributed by atoms with Crippen molar-refractivity contribution < 1.29 is 13.9 Å². The molecule has 0 fully saturated rings. The number of benzene rings is 2. The fourth-order valence-electron chi connectivity index (χ4n) is 2.77. The second-order valence-corrected chi connectivity index (χ2v) is 7.40. The standard InChI is InChI=1S/C21H23BrF2O/c1-17(21(22,23)24)16-20(25,14-12-18-8-4-2-5-9-18)15-13-19-10-6-3-7-11-19/h2-11,16,25H,12-15H2,1H3/b17-16+. The minimum absolute atomic E-state index is 0.170. The lowest BCUT2D eigenvalue weighted by molar-refractivity contribution is 0.0675. The van der Waals surface area contributed by atoms with Crippen LogP contribution in [0.3, 0.4) is 0 Å². The highest BCUT2D eigenvalue weighted by Crippen LogP contribution is 2.34. The lowest BCUT2D eigenvalue weighted by Crippen LogP contribution is -2.29. The molecule has 1 nitrogen and oxygen atoms in total. The first kappa shape index (κ1) is 19.8. The highest BCUT2D eigenvalue weighted by atomic mass is 79.9. The Labute approximate surface area is 156 Å². The molecule has 0 aliphatic heterocycles. The van der Waals surface area contributed by atoms with E-state index >= 15 is 0 Å². The van der Waals surface area contributed by atoms with Gasteiger partial charge in [0.1, 0.15) is 0 Å². The number of hydrogen-bond acceptors (Lipinski definition) is 1. The van der Waals surface area contributed by atoms with Crippen molar-refractivity contribution in [1.82, 2.24) is 0 Å². The molecule has 0 amide bonds. The molecule has 0 radical (unpaired) electrons. The van der Waals surface area contributed by atoms with Crippen LogP contribution < -0.4 is 0 Å². The number of aliphatic hydroxyl groups is 1. The molecule has 0 spiro atoms. The lowest BCUT2D eigenvalue weighted by Gasteiger charge is -2.27. The summed E-state index contributed by atoms with van der Waals surface area (Å²) >= 11 is 2.38. The van der Waals surface area contributed by atoms with E-state index in [1.165, 1.54) is 13.0 Å². The molecule has 0 saturated heterocycles. The van der Waals surface area contributed by atoms with Gasteiger partial charge in [-0.05, 0) is 65.7 Å². The van der Waals surface area contributed by atoms with Crippen LogP contribution in [-0.2, 0) is 12.8 Å². The van der Waals surface area contributed by atoms with Gasteiger partial charge in [0.05, 0.1) is 5.60 Å². The van der Waals surface area contributed by atoms with Crippen LogP contribution in [-0.4, -0.2) is 15.5 Å². The third kappa shape index (κ3) is 6.71. The van der Waals surface area contributed by atoms with Crippen LogP contribution >= 0.6 is 15.9 Å². The molecule has 25 heavy (non-hydrogen) atoms. The molecule has 0 aliphatic rings. The quantitative estimate of drug-likeness (QED) is 0.424. The molecule has 2 aromatic carbocycles. The largest absolute Gasteiger partial charge is 0.386 e. The molecule has 4 heteroatoms. The summed E-state index contributed by atoms with van der Waals surface area (Å²) in [6.07, 6.45) is 3.36. The third-order valence-electron chi connectivity index (χ3n) is 4.31. The normalized spacial score (nSPS) is 13.1. The zero-order valence-corrected chi connectivity index (χ0v) is 15.8. The van der Waals surface area contributed by atoms with E-state index in [1.54, 1.807) is 0 Å². The Morgan fingerprint density at radius 2 is 1.32 bits per heavy atom. The van der Waals surface area contributed by atoms with Crippen LogP contribution in [0.5, 0.6) is 0 Å². The molecule has 134 valence electrons. The third-order valence-corrected chi connectivity index (χ3v) is 4.94. The molecule has 0 bridgehead atoms. The molecule has 0 aromatic heterocycles. The summed E-state index contributed by atoms with van der Waals surface area (Å²) in [5, 5.41) is 11.0. The first-order valence-electron chi connectivity index (χ1n) is 8.35. The van der Waals surface area contributed by atoms with Gasteiger partial charge in [0.2, 0.25) is 0 Å². The Kier molecular flexibility index (Phi) is 6.91. The van der Waals surface area contributed by atoms with Gasteiger partial charge in [0.25, 0.3) is 0 Å². The second kappa shape index (κ2) is 8.72. The van der Waals surface area contributed by atoms with E-state index in [-0.39, 0.29) is 5.57 Å². The maximum absolute atomic E-state index is 13.5. The highest BCUT2D eigenvalue weighted by molar-refractivity contribution is 9.10. The van der Waals surface area contributed by atoms with Gasteiger partial charge in [-0.2, -0.15) is 8.78 Å². The van der Waals surface area contributed by atoms with Crippen molar-refractivity contribution in [3.63, 3.8) is 0 Å². The van der Waals surface area contributed by atoms with Gasteiger partial charge in [-0.3, -0.25) is 0 Å². The van der Waals surface area contributed by atoms with Gasteiger partial charge in [-0.25, -0.2) is 0 Å². The fourth-order valence-corrected chi connectivity index (χ4v) is 2.88. The van der Waals surface area contributed by atoms with E-state index in [9.17, 15) is 13.9 Å². The smallest absolute Gasteiger partial charge is 0.322 e. The van der Waals surface area contributed by atoms with Crippen LogP contribution in [0.1, 0.15) is 30.9 Å². The van der Waals surface area contributed by atoms with Crippen molar-refractivity contribution in [2.75, 3.05) is 0 Å². The summed E-state index contributed by atoms with van der Waals surface area (Å²) in [5.41, 5.74) is 0.707. The Balaban J connectivity index is 2.14. The summed E-state index contributed by atoms with van der Waals surface area (Å²) in [7, 11) is 0. The summed E-state index contributed by atoms with van der Waals surface area (Å²) in [4.78, 5) is -3.11. The predicted molar refractivity (Wildman–Crippen MR) is 102 cm³/mol. The van der Waals surface area contributed by atoms with Crippen molar-refractivity contribution in [2.45, 2.75) is 43.0 Å². The lowest BCUT2D eigenvalue weighted by atomic mass is 9.87. The summed E-state index contributed by atoms with van der Waals surface area (Å²) in [6, 6.07) is 19.5. The average molecular weight is 409 g/mol. The van der Waals surface area contributed by atoms with Crippen molar-refractivity contribution in [3.8, 4) is 0 Å². The maximum atomic E-state index is 13.5. The number of aryl methyl sites for hydroxylation is 2. The van der Waals surface area contributed by atoms with E-state index in [4.69, 9.17) is 0 Å². The summed E-state index contributed by atoms with van der Waals surface area (Å²) in [5.74, 6) is 0. The van der Waals surface area contributed by atoms with Gasteiger partial charge in [0, 0.05) is 5.57 Å². The van der Waals surface area contributed by atoms with Gasteiger partial charge in [0.15, 0.2) is 0 Å². The monoisotopic (exact) mass is 408 g/mol. The van der Waals surface area contributed by atoms with Crippen molar-refractivity contribution in [3.05, 3.63) is 83.4 Å². The van der Waals surface area contributed by atoms with Gasteiger partial charge in [-0.15, -0.1) is 0 Å². The zero-order chi connectivity index (χ0) is 18.3. The molecule has 2 aromatic rings. The number of rotatable bonds is 8. The second-order valence-electron chi connectivity index (χ2n) is 6.40. The minimum atomic E-state index is -3.11. The van der Waals surface area contributed by atoms with Crippen LogP contribution in [0.2, 0.25) is 0 Å². The van der Waals surface area contributed by atoms with Gasteiger partial charge >= 0.3 is 4.83 Å². The molecular weight excluding hydrogens is 386 g/mol. The molecule has 2 rings (SSSR count). The molecule has 0 aliphatic carbocycles. The van der Waals surface area contributed by atoms with Gasteiger partial charge < -0.3 is 5.11 Å². The van der Waals surface area contributed by atoms with Crippen molar-refractivity contribution in [1.29, 1.82) is 0 Å². The Hall–Kier alpha value is -1.52. The average Bonchev–Trinajstić information content (AvgIpc) is 2.59. The van der Waals surface area contributed by atoms with Crippen LogP contribution in [0.4, 0.5) is 8.78 Å². The van der Waals surface area contributed by atoms with E-state index in [0.29, 0.717) is 25.7 Å². The molecule has 0 unspecified atom stereocenters. The first-order chi connectivity index (χ1) is 11.8. The molecule has 0 atom stereocenters. The molecule has 0 heterocycles. The summed E-state index contributed by atoms with van der Waals surface area (Å²) in [6.45, 7) is 1.34. The number of alkyl halides is 3. The highest BCUT2D eigenvalue weighted by Gasteiger charge is 2.32. The zero-order valence-electron chi connectivity index (χ0n) is 14.3. The molecule has 0 saturated carbocycles. The predicted octanol–water partition coefficient (Wildman–Crippen LogP) is 5.92. The van der Waals surface area contributed by atoms with Crippen LogP contribution in [0.25, 0.3) is 0 Å². The SMILES string of the molecule is C/C(=C\C(O)(CCc1ccccc1)CCc1ccccc1)C(F)(F)Br. The maximum Gasteiger partial charge on any atom is 0.322 e. The fraction of sp³-hybridized carbons (Fsp3) is 0.333. The Morgan fingerprint density at radius 1 is 0.920 bits per heavy atom. The topological polar surface area (TPSA) is 20.2 Å². The van der Waals surface area contributed by atoms with Crippen molar-refractivity contribution in [2.24, 2.45) is 0 Å². The number of allylic oxidation sites excluding steroid dienone is 1. The van der Waals surface area contributed by atoms with E-state index in [0.717, 1.165) is 11.1 Å². The van der Waals surface area contributed by atoms with E-state index in [1.807, 2.05) is 60.7 Å². The van der Waals surface area contributed by atoms with Crippen LogP contribution in [0, 0.1) is 0 Å². The number of hydrogen-bond donors (Lipinski definition) is 1. The Morgan fingerprint density at radius 3 is 1.68 bits per heavy atom. The van der Waals surface area contributed by atoms with Gasteiger partial charge in [-0.1, -0.05) is 60.7 Å². The minimum Gasteiger partial charge on any atom is -0.386 e. The van der Waals surface area contributed by atoms with E-state index in [2.05, 4.69) is 15.9 Å².